The summed E-state index contributed by atoms with van der Waals surface area (Å²) >= 11 is 0. The first-order valence-corrected chi connectivity index (χ1v) is 8.80. The van der Waals surface area contributed by atoms with E-state index in [-0.39, 0.29) is 22.8 Å². The Bertz CT molecular complexity index is 863. The molecule has 156 valence electrons. The molecule has 5 atom stereocenters. The molecule has 9 heteroatoms. The Kier molecular flexibility index (Phi) is 6.26. The van der Waals surface area contributed by atoms with E-state index in [2.05, 4.69) is 0 Å². The molecule has 1 saturated heterocycles. The number of aliphatic hydroxyl groups is 4. The Morgan fingerprint density at radius 3 is 2.21 bits per heavy atom. The Morgan fingerprint density at radius 2 is 1.55 bits per heavy atom. The van der Waals surface area contributed by atoms with Crippen molar-refractivity contribution in [2.75, 3.05) is 6.61 Å². The van der Waals surface area contributed by atoms with Gasteiger partial charge in [0.2, 0.25) is 6.29 Å². The van der Waals surface area contributed by atoms with Gasteiger partial charge in [0.15, 0.2) is 11.5 Å². The summed E-state index contributed by atoms with van der Waals surface area (Å²) in [7, 11) is 0. The second kappa shape index (κ2) is 8.68. The van der Waals surface area contributed by atoms with E-state index in [0.717, 1.165) is 6.07 Å². The highest BCUT2D eigenvalue weighted by Crippen LogP contribution is 2.38. The molecule has 1 aliphatic rings. The maximum atomic E-state index is 10.2. The van der Waals surface area contributed by atoms with E-state index in [1.165, 1.54) is 24.3 Å². The molecule has 0 saturated carbocycles. The first kappa shape index (κ1) is 20.9. The minimum absolute atomic E-state index is 0.101. The summed E-state index contributed by atoms with van der Waals surface area (Å²) in [5.74, 6) is -0.743. The Morgan fingerprint density at radius 1 is 0.862 bits per heavy atom. The van der Waals surface area contributed by atoms with Crippen molar-refractivity contribution in [1.29, 1.82) is 0 Å². The van der Waals surface area contributed by atoms with E-state index >= 15 is 0 Å². The SMILES string of the molecule is OCC1OC(Oc2c(O)cc(O)cc2/C=C/c2ccc(O)cc2)C(O)C(O)C1O. The number of ether oxygens (including phenoxy) is 2. The molecule has 2 aromatic rings. The molecule has 1 heterocycles. The largest absolute Gasteiger partial charge is 0.508 e. The zero-order valence-corrected chi connectivity index (χ0v) is 15.2. The predicted octanol–water partition coefficient (Wildman–Crippen LogP) is 0.152. The highest BCUT2D eigenvalue weighted by molar-refractivity contribution is 5.75. The Balaban J connectivity index is 1.89. The molecule has 29 heavy (non-hydrogen) atoms. The number of aliphatic hydroxyl groups excluding tert-OH is 4. The molecule has 0 radical (unpaired) electrons. The van der Waals surface area contributed by atoms with Crippen molar-refractivity contribution in [3.63, 3.8) is 0 Å². The number of hydrogen-bond donors (Lipinski definition) is 7. The highest BCUT2D eigenvalue weighted by atomic mass is 16.7. The van der Waals surface area contributed by atoms with Crippen LogP contribution in [-0.4, -0.2) is 73.1 Å². The van der Waals surface area contributed by atoms with Gasteiger partial charge in [-0.05, 0) is 23.8 Å². The van der Waals surface area contributed by atoms with Crippen LogP contribution in [0.3, 0.4) is 0 Å². The predicted molar refractivity (Wildman–Crippen MR) is 101 cm³/mol. The van der Waals surface area contributed by atoms with Crippen LogP contribution >= 0.6 is 0 Å². The summed E-state index contributed by atoms with van der Waals surface area (Å²) in [6.45, 7) is -0.625. The summed E-state index contributed by atoms with van der Waals surface area (Å²) in [6.07, 6.45) is -4.36. The zero-order valence-electron chi connectivity index (χ0n) is 15.2. The molecule has 0 bridgehead atoms. The number of rotatable bonds is 5. The quantitative estimate of drug-likeness (QED) is 0.343. The van der Waals surface area contributed by atoms with Crippen molar-refractivity contribution in [3.8, 4) is 23.0 Å². The summed E-state index contributed by atoms with van der Waals surface area (Å²) < 4.78 is 10.8. The van der Waals surface area contributed by atoms with Crippen LogP contribution in [0.1, 0.15) is 11.1 Å². The van der Waals surface area contributed by atoms with Gasteiger partial charge in [0, 0.05) is 11.6 Å². The van der Waals surface area contributed by atoms with Crippen molar-refractivity contribution in [2.45, 2.75) is 30.7 Å². The van der Waals surface area contributed by atoms with Crippen molar-refractivity contribution >= 4 is 12.2 Å². The number of hydrogen-bond acceptors (Lipinski definition) is 9. The van der Waals surface area contributed by atoms with Gasteiger partial charge < -0.3 is 45.2 Å². The number of phenols is 3. The average molecular weight is 406 g/mol. The number of phenolic OH excluding ortho intramolecular Hbond substituents is 3. The lowest BCUT2D eigenvalue weighted by molar-refractivity contribution is -0.277. The van der Waals surface area contributed by atoms with Crippen molar-refractivity contribution in [3.05, 3.63) is 47.5 Å². The van der Waals surface area contributed by atoms with Crippen LogP contribution in [0.2, 0.25) is 0 Å². The molecule has 5 unspecified atom stereocenters. The molecule has 3 rings (SSSR count). The molecule has 1 aliphatic heterocycles. The van der Waals surface area contributed by atoms with Gasteiger partial charge >= 0.3 is 0 Å². The van der Waals surface area contributed by atoms with E-state index in [9.17, 15) is 35.7 Å². The normalized spacial score (nSPS) is 27.2. The van der Waals surface area contributed by atoms with Crippen LogP contribution in [0.5, 0.6) is 23.0 Å². The van der Waals surface area contributed by atoms with Gasteiger partial charge in [-0.25, -0.2) is 0 Å². The molecule has 0 amide bonds. The molecule has 0 aliphatic carbocycles. The minimum atomic E-state index is -1.66. The maximum absolute atomic E-state index is 10.2. The Labute approximate surface area is 165 Å². The highest BCUT2D eigenvalue weighted by Gasteiger charge is 2.45. The third-order valence-electron chi connectivity index (χ3n) is 4.51. The van der Waals surface area contributed by atoms with Gasteiger partial charge in [-0.2, -0.15) is 0 Å². The second-order valence-corrected chi connectivity index (χ2v) is 6.62. The summed E-state index contributed by atoms with van der Waals surface area (Å²) in [5.41, 5.74) is 0.942. The molecule has 1 fully saturated rings. The minimum Gasteiger partial charge on any atom is -0.508 e. The van der Waals surface area contributed by atoms with Crippen molar-refractivity contribution in [2.24, 2.45) is 0 Å². The van der Waals surface area contributed by atoms with Gasteiger partial charge in [0.1, 0.15) is 35.9 Å². The first-order chi connectivity index (χ1) is 13.8. The number of aromatic hydroxyl groups is 3. The maximum Gasteiger partial charge on any atom is 0.229 e. The zero-order chi connectivity index (χ0) is 21.1. The molecule has 9 nitrogen and oxygen atoms in total. The lowest BCUT2D eigenvalue weighted by Crippen LogP contribution is -2.60. The van der Waals surface area contributed by atoms with Crippen LogP contribution < -0.4 is 4.74 Å². The standard InChI is InChI=1S/C20H22O9/c21-9-15-16(25)17(26)18(27)20(28-15)29-19-11(7-13(23)8-14(19)24)4-1-10-2-5-12(22)6-3-10/h1-8,15-18,20-27H,9H2/b4-1+. The fourth-order valence-electron chi connectivity index (χ4n) is 2.92. The van der Waals surface area contributed by atoms with E-state index in [1.807, 2.05) is 0 Å². The summed E-state index contributed by atoms with van der Waals surface area (Å²) in [4.78, 5) is 0. The molecule has 7 N–H and O–H groups in total. The van der Waals surface area contributed by atoms with Crippen molar-refractivity contribution in [1.82, 2.24) is 0 Å². The lowest BCUT2D eigenvalue weighted by Gasteiger charge is -2.39. The Hall–Kier alpha value is -2.82. The molecule has 0 aromatic heterocycles. The van der Waals surface area contributed by atoms with Gasteiger partial charge in [0.05, 0.1) is 6.61 Å². The van der Waals surface area contributed by atoms with E-state index in [4.69, 9.17) is 9.47 Å². The second-order valence-electron chi connectivity index (χ2n) is 6.62. The average Bonchev–Trinajstić information content (AvgIpc) is 2.69. The lowest BCUT2D eigenvalue weighted by atomic mass is 9.99. The van der Waals surface area contributed by atoms with Crippen molar-refractivity contribution < 1.29 is 45.2 Å². The third kappa shape index (κ3) is 4.61. The molecule has 2 aromatic carbocycles. The number of benzene rings is 2. The van der Waals surface area contributed by atoms with E-state index in [1.54, 1.807) is 18.2 Å². The first-order valence-electron chi connectivity index (χ1n) is 8.80. The topological polar surface area (TPSA) is 160 Å². The van der Waals surface area contributed by atoms with Crippen LogP contribution in [0.15, 0.2) is 36.4 Å². The van der Waals surface area contributed by atoms with Gasteiger partial charge in [-0.3, -0.25) is 0 Å². The summed E-state index contributed by atoms with van der Waals surface area (Å²) in [6, 6.07) is 8.60. The molecular weight excluding hydrogens is 384 g/mol. The van der Waals surface area contributed by atoms with E-state index in [0.29, 0.717) is 5.56 Å². The van der Waals surface area contributed by atoms with Crippen LogP contribution in [0, 0.1) is 0 Å². The van der Waals surface area contributed by atoms with E-state index < -0.39 is 43.1 Å². The molecular formula is C20H22O9. The van der Waals surface area contributed by atoms with Gasteiger partial charge in [-0.1, -0.05) is 24.3 Å². The van der Waals surface area contributed by atoms with Gasteiger partial charge in [0.25, 0.3) is 0 Å². The summed E-state index contributed by atoms with van der Waals surface area (Å²) in [5, 5.41) is 68.5. The van der Waals surface area contributed by atoms with Crippen LogP contribution in [0.25, 0.3) is 12.2 Å². The van der Waals surface area contributed by atoms with Crippen LogP contribution in [-0.2, 0) is 4.74 Å². The van der Waals surface area contributed by atoms with Gasteiger partial charge in [-0.15, -0.1) is 0 Å². The van der Waals surface area contributed by atoms with Crippen LogP contribution in [0.4, 0.5) is 0 Å². The smallest absolute Gasteiger partial charge is 0.229 e. The fourth-order valence-corrected chi connectivity index (χ4v) is 2.92. The third-order valence-corrected chi connectivity index (χ3v) is 4.51. The molecule has 0 spiro atoms. The fraction of sp³-hybridized carbons (Fsp3) is 0.300. The monoisotopic (exact) mass is 406 g/mol.